The number of ether oxygens (including phenoxy) is 1. The second-order valence-electron chi connectivity index (χ2n) is 7.55. The zero-order valence-electron chi connectivity index (χ0n) is 16.7. The first-order valence-corrected chi connectivity index (χ1v) is 11.5. The van der Waals surface area contributed by atoms with Gasteiger partial charge >= 0.3 is 0 Å². The molecule has 2 aromatic rings. The molecule has 0 amide bonds. The first-order chi connectivity index (χ1) is 13.4. The van der Waals surface area contributed by atoms with Crippen molar-refractivity contribution in [1.29, 1.82) is 0 Å². The van der Waals surface area contributed by atoms with Gasteiger partial charge in [-0.25, -0.2) is 8.42 Å². The Bertz CT molecular complexity index is 927. The number of phenolic OH excluding ortho intramolecular Hbond substituents is 1. The lowest BCUT2D eigenvalue weighted by Gasteiger charge is -2.36. The van der Waals surface area contributed by atoms with Crippen molar-refractivity contribution in [3.63, 3.8) is 0 Å². The first kappa shape index (κ1) is 20.7. The number of nitrogens with one attached hydrogen (secondary N) is 1. The van der Waals surface area contributed by atoms with Gasteiger partial charge in [0.05, 0.1) is 23.8 Å². The number of fused-ring (bicyclic) bond motifs is 1. The lowest BCUT2D eigenvalue weighted by atomic mass is 9.88. The Kier molecular flexibility index (Phi) is 6.01. The molecule has 1 aliphatic heterocycles. The van der Waals surface area contributed by atoms with Gasteiger partial charge in [-0.3, -0.25) is 5.32 Å². The fraction of sp³-hybridized carbons (Fsp3) is 0.455. The summed E-state index contributed by atoms with van der Waals surface area (Å²) in [5, 5.41) is 14.0. The maximum atomic E-state index is 13.4. The Morgan fingerprint density at radius 2 is 1.93 bits per heavy atom. The highest BCUT2D eigenvalue weighted by atomic mass is 32.2. The molecule has 0 spiro atoms. The minimum absolute atomic E-state index is 0.0125. The topological polar surface area (TPSA) is 75.6 Å². The van der Waals surface area contributed by atoms with Crippen molar-refractivity contribution in [3.05, 3.63) is 53.6 Å². The lowest BCUT2D eigenvalue weighted by molar-refractivity contribution is 0.294. The molecule has 0 fully saturated rings. The number of rotatable bonds is 6. The predicted octanol–water partition coefficient (Wildman–Crippen LogP) is 4.21. The number of methoxy groups -OCH3 is 1. The van der Waals surface area contributed by atoms with E-state index in [0.717, 1.165) is 24.8 Å². The number of sulfone groups is 1. The van der Waals surface area contributed by atoms with E-state index in [0.29, 0.717) is 12.0 Å². The van der Waals surface area contributed by atoms with Gasteiger partial charge in [-0.2, -0.15) is 0 Å². The van der Waals surface area contributed by atoms with Crippen molar-refractivity contribution in [3.8, 4) is 11.5 Å². The molecule has 152 valence electrons. The Hall–Kier alpha value is -2.05. The highest BCUT2D eigenvalue weighted by molar-refractivity contribution is 7.91. The van der Waals surface area contributed by atoms with E-state index in [1.807, 2.05) is 37.3 Å². The van der Waals surface area contributed by atoms with Crippen LogP contribution in [0.1, 0.15) is 56.7 Å². The van der Waals surface area contributed by atoms with Crippen LogP contribution in [0.5, 0.6) is 11.5 Å². The largest absolute Gasteiger partial charge is 0.504 e. The second-order valence-corrected chi connectivity index (χ2v) is 9.50. The van der Waals surface area contributed by atoms with Gasteiger partial charge in [0.25, 0.3) is 0 Å². The molecule has 2 N–H and O–H groups in total. The van der Waals surface area contributed by atoms with Crippen molar-refractivity contribution in [1.82, 2.24) is 5.32 Å². The molecule has 3 rings (SSSR count). The zero-order chi connectivity index (χ0) is 20.4. The average molecular weight is 404 g/mol. The van der Waals surface area contributed by atoms with Gasteiger partial charge in [0.1, 0.15) is 0 Å². The molecule has 0 aliphatic carbocycles. The maximum Gasteiger partial charge on any atom is 0.180 e. The Labute approximate surface area is 167 Å². The van der Waals surface area contributed by atoms with Crippen molar-refractivity contribution >= 4 is 9.84 Å². The van der Waals surface area contributed by atoms with Gasteiger partial charge in [-0.15, -0.1) is 0 Å². The molecule has 28 heavy (non-hydrogen) atoms. The molecule has 6 heteroatoms. The van der Waals surface area contributed by atoms with E-state index >= 15 is 0 Å². The van der Waals surface area contributed by atoms with Crippen LogP contribution in [0.4, 0.5) is 0 Å². The molecular weight excluding hydrogens is 374 g/mol. The Balaban J connectivity index is 2.25. The van der Waals surface area contributed by atoms with Crippen LogP contribution in [0.2, 0.25) is 0 Å². The van der Waals surface area contributed by atoms with Crippen molar-refractivity contribution < 1.29 is 18.3 Å². The summed E-state index contributed by atoms with van der Waals surface area (Å²) >= 11 is 0. The van der Waals surface area contributed by atoms with E-state index in [4.69, 9.17) is 4.74 Å². The summed E-state index contributed by atoms with van der Waals surface area (Å²) in [6.45, 7) is 4.15. The first-order valence-electron chi connectivity index (χ1n) is 9.82. The van der Waals surface area contributed by atoms with Crippen LogP contribution in [-0.2, 0) is 9.84 Å². The minimum atomic E-state index is -3.60. The molecule has 1 heterocycles. The standard InChI is InChI=1S/C22H29NO4S/c1-4-6-12-22(5-2)15-28(25,26)20-14-18(24)19(27-3)13-17(20)21(23-22)16-10-8-7-9-11-16/h7-11,13-14,21,23-24H,4-6,12,15H2,1-3H3/t21-,22?/m1/s1. The van der Waals surface area contributed by atoms with Crippen LogP contribution in [0.15, 0.2) is 47.4 Å². The Morgan fingerprint density at radius 3 is 2.54 bits per heavy atom. The smallest absolute Gasteiger partial charge is 0.180 e. The molecular formula is C22H29NO4S. The Morgan fingerprint density at radius 1 is 1.21 bits per heavy atom. The summed E-state index contributed by atoms with van der Waals surface area (Å²) in [5.41, 5.74) is 1.08. The molecule has 0 saturated heterocycles. The summed E-state index contributed by atoms with van der Waals surface area (Å²) < 4.78 is 32.0. The normalized spacial score (nSPS) is 23.6. The third kappa shape index (κ3) is 3.89. The quantitative estimate of drug-likeness (QED) is 0.756. The number of benzene rings is 2. The fourth-order valence-corrected chi connectivity index (χ4v) is 6.18. The number of aromatic hydroxyl groups is 1. The maximum absolute atomic E-state index is 13.4. The lowest BCUT2D eigenvalue weighted by Crippen LogP contribution is -2.50. The van der Waals surface area contributed by atoms with E-state index in [-0.39, 0.29) is 28.2 Å². The predicted molar refractivity (Wildman–Crippen MR) is 111 cm³/mol. The summed E-state index contributed by atoms with van der Waals surface area (Å²) in [6, 6.07) is 12.5. The van der Waals surface area contributed by atoms with E-state index in [2.05, 4.69) is 12.2 Å². The third-order valence-electron chi connectivity index (χ3n) is 5.69. The summed E-state index contributed by atoms with van der Waals surface area (Å²) in [4.78, 5) is 0.180. The van der Waals surface area contributed by atoms with Crippen LogP contribution in [0.3, 0.4) is 0 Å². The van der Waals surface area contributed by atoms with E-state index in [1.54, 1.807) is 6.07 Å². The van der Waals surface area contributed by atoms with Crippen LogP contribution < -0.4 is 10.1 Å². The average Bonchev–Trinajstić information content (AvgIpc) is 2.79. The number of hydrogen-bond acceptors (Lipinski definition) is 5. The summed E-state index contributed by atoms with van der Waals surface area (Å²) in [5.74, 6) is 0.127. The molecule has 1 aliphatic rings. The number of unbranched alkanes of at least 4 members (excludes halogenated alkanes) is 1. The second kappa shape index (κ2) is 8.13. The van der Waals surface area contributed by atoms with Crippen LogP contribution >= 0.6 is 0 Å². The number of phenols is 1. The van der Waals surface area contributed by atoms with Crippen molar-refractivity contribution in [2.24, 2.45) is 0 Å². The van der Waals surface area contributed by atoms with Crippen LogP contribution in [-0.4, -0.2) is 31.9 Å². The van der Waals surface area contributed by atoms with Gasteiger partial charge in [0.2, 0.25) is 0 Å². The van der Waals surface area contributed by atoms with Gasteiger partial charge in [-0.1, -0.05) is 57.0 Å². The molecule has 0 bridgehead atoms. The fourth-order valence-electron chi connectivity index (χ4n) is 4.04. The molecule has 0 saturated carbocycles. The molecule has 0 radical (unpaired) electrons. The SMILES string of the molecule is CCCCC1(CC)CS(=O)(=O)c2cc(O)c(OC)cc2[C@@H](c2ccccc2)N1. The summed E-state index contributed by atoms with van der Waals surface area (Å²) in [7, 11) is -2.13. The van der Waals surface area contributed by atoms with E-state index in [1.165, 1.54) is 13.2 Å². The van der Waals surface area contributed by atoms with E-state index in [9.17, 15) is 13.5 Å². The van der Waals surface area contributed by atoms with Crippen LogP contribution in [0, 0.1) is 0 Å². The van der Waals surface area contributed by atoms with Crippen molar-refractivity contribution in [2.45, 2.75) is 56.0 Å². The highest BCUT2D eigenvalue weighted by Gasteiger charge is 2.42. The number of hydrogen-bond donors (Lipinski definition) is 2. The third-order valence-corrected chi connectivity index (χ3v) is 7.65. The molecule has 2 atom stereocenters. The molecule has 0 aromatic heterocycles. The van der Waals surface area contributed by atoms with Gasteiger partial charge < -0.3 is 9.84 Å². The zero-order valence-corrected chi connectivity index (χ0v) is 17.6. The van der Waals surface area contributed by atoms with Gasteiger partial charge in [-0.05, 0) is 30.0 Å². The van der Waals surface area contributed by atoms with E-state index < -0.39 is 15.4 Å². The summed E-state index contributed by atoms with van der Waals surface area (Å²) in [6.07, 6.45) is 3.43. The highest BCUT2D eigenvalue weighted by Crippen LogP contribution is 2.42. The van der Waals surface area contributed by atoms with Crippen LogP contribution in [0.25, 0.3) is 0 Å². The molecule has 5 nitrogen and oxygen atoms in total. The minimum Gasteiger partial charge on any atom is -0.504 e. The van der Waals surface area contributed by atoms with Gasteiger partial charge in [0.15, 0.2) is 21.3 Å². The molecule has 2 aromatic carbocycles. The molecule has 1 unspecified atom stereocenters. The monoisotopic (exact) mass is 403 g/mol. The van der Waals surface area contributed by atoms with Gasteiger partial charge in [0, 0.05) is 11.6 Å². The van der Waals surface area contributed by atoms with Crippen molar-refractivity contribution in [2.75, 3.05) is 12.9 Å².